The van der Waals surface area contributed by atoms with Crippen LogP contribution in [-0.2, 0) is 0 Å². The summed E-state index contributed by atoms with van der Waals surface area (Å²) in [4.78, 5) is 11.9. The smallest absolute Gasteiger partial charge is 0.297 e. The van der Waals surface area contributed by atoms with Crippen LogP contribution < -0.4 is 16.2 Å². The third-order valence-electron chi connectivity index (χ3n) is 2.93. The fraction of sp³-hybridized carbons (Fsp3) is 0. The van der Waals surface area contributed by atoms with Crippen molar-refractivity contribution < 1.29 is 9.18 Å². The third kappa shape index (κ3) is 3.13. The molecule has 0 aliphatic heterocycles. The van der Waals surface area contributed by atoms with Crippen LogP contribution in [0.2, 0.25) is 5.02 Å². The van der Waals surface area contributed by atoms with Gasteiger partial charge in [0, 0.05) is 10.1 Å². The number of anilines is 2. The Hall–Kier alpha value is -2.31. The minimum atomic E-state index is -0.460. The predicted molar refractivity (Wildman–Crippen MR) is 89.0 cm³/mol. The fourth-order valence-corrected chi connectivity index (χ4v) is 3.26. The first-order valence-electron chi connectivity index (χ1n) is 6.39. The number of hydrogen-bond donors (Lipinski definition) is 3. The molecule has 22 heavy (non-hydrogen) atoms. The molecule has 3 N–H and O–H groups in total. The monoisotopic (exact) mass is 335 g/mol. The molecule has 0 saturated heterocycles. The molecule has 0 radical (unpaired) electrons. The lowest BCUT2D eigenvalue weighted by Crippen LogP contribution is -2.33. The van der Waals surface area contributed by atoms with Gasteiger partial charge in [0.05, 0.1) is 10.7 Å². The van der Waals surface area contributed by atoms with E-state index in [0.717, 1.165) is 10.1 Å². The Morgan fingerprint density at radius 3 is 2.55 bits per heavy atom. The molecule has 0 bridgehead atoms. The van der Waals surface area contributed by atoms with E-state index in [1.807, 2.05) is 24.3 Å². The third-order valence-corrected chi connectivity index (χ3v) is 4.52. The molecule has 7 heteroatoms. The van der Waals surface area contributed by atoms with Crippen LogP contribution in [0, 0.1) is 5.82 Å². The van der Waals surface area contributed by atoms with E-state index in [1.165, 1.54) is 35.6 Å². The summed E-state index contributed by atoms with van der Waals surface area (Å²) in [5.74, 6) is -0.341. The maximum absolute atomic E-state index is 12.8. The zero-order chi connectivity index (χ0) is 15.5. The lowest BCUT2D eigenvalue weighted by Gasteiger charge is -2.09. The maximum atomic E-state index is 12.8. The Balaban J connectivity index is 1.65. The molecule has 0 aliphatic carbocycles. The van der Waals surface area contributed by atoms with Crippen molar-refractivity contribution in [3.63, 3.8) is 0 Å². The quantitative estimate of drug-likeness (QED) is 0.600. The van der Waals surface area contributed by atoms with Crippen molar-refractivity contribution in [2.24, 2.45) is 0 Å². The zero-order valence-electron chi connectivity index (χ0n) is 11.2. The van der Waals surface area contributed by atoms with E-state index in [9.17, 15) is 9.18 Å². The Morgan fingerprint density at radius 2 is 1.82 bits per heavy atom. The Bertz CT molecular complexity index is 819. The van der Waals surface area contributed by atoms with E-state index < -0.39 is 6.03 Å². The average Bonchev–Trinajstić information content (AvgIpc) is 2.83. The van der Waals surface area contributed by atoms with Crippen LogP contribution in [0.15, 0.2) is 48.5 Å². The maximum Gasteiger partial charge on any atom is 0.338 e. The molecule has 2 amide bonds. The van der Waals surface area contributed by atoms with Crippen LogP contribution >= 0.6 is 22.9 Å². The van der Waals surface area contributed by atoms with Crippen LogP contribution in [0.1, 0.15) is 0 Å². The lowest BCUT2D eigenvalue weighted by atomic mass is 10.3. The number of hydrazine groups is 1. The SMILES string of the molecule is O=C(NNc1ccc(F)cc1)Nc1sc2ccccc2c1Cl. The summed E-state index contributed by atoms with van der Waals surface area (Å²) < 4.78 is 13.8. The molecule has 4 nitrogen and oxygen atoms in total. The first-order chi connectivity index (χ1) is 10.6. The molecular weight excluding hydrogens is 325 g/mol. The number of urea groups is 1. The molecule has 0 fully saturated rings. The first-order valence-corrected chi connectivity index (χ1v) is 7.58. The molecule has 1 aromatic heterocycles. The lowest BCUT2D eigenvalue weighted by molar-refractivity contribution is 0.254. The van der Waals surface area contributed by atoms with Gasteiger partial charge in [-0.15, -0.1) is 11.3 Å². The van der Waals surface area contributed by atoms with Crippen LogP contribution in [0.4, 0.5) is 19.9 Å². The number of fused-ring (bicyclic) bond motifs is 1. The summed E-state index contributed by atoms with van der Waals surface area (Å²) in [6, 6.07) is 12.8. The summed E-state index contributed by atoms with van der Waals surface area (Å²) in [6.07, 6.45) is 0. The zero-order valence-corrected chi connectivity index (χ0v) is 12.8. The van der Waals surface area contributed by atoms with Gasteiger partial charge in [-0.1, -0.05) is 29.8 Å². The van der Waals surface area contributed by atoms with Crippen molar-refractivity contribution in [2.45, 2.75) is 0 Å². The molecule has 0 unspecified atom stereocenters. The molecule has 0 spiro atoms. The first kappa shape index (κ1) is 14.6. The number of benzene rings is 2. The highest BCUT2D eigenvalue weighted by Crippen LogP contribution is 2.39. The predicted octanol–water partition coefficient (Wildman–Crippen LogP) is 4.84. The normalized spacial score (nSPS) is 10.5. The topological polar surface area (TPSA) is 53.2 Å². The van der Waals surface area contributed by atoms with Crippen molar-refractivity contribution >= 4 is 49.7 Å². The van der Waals surface area contributed by atoms with Crippen molar-refractivity contribution in [3.8, 4) is 0 Å². The molecule has 3 rings (SSSR count). The van der Waals surface area contributed by atoms with Crippen molar-refractivity contribution in [3.05, 3.63) is 59.4 Å². The van der Waals surface area contributed by atoms with Crippen LogP contribution in [-0.4, -0.2) is 6.03 Å². The number of hydrogen-bond acceptors (Lipinski definition) is 3. The van der Waals surface area contributed by atoms with E-state index in [0.29, 0.717) is 15.7 Å². The summed E-state index contributed by atoms with van der Waals surface area (Å²) in [7, 11) is 0. The molecule has 0 atom stereocenters. The van der Waals surface area contributed by atoms with Gasteiger partial charge in [-0.25, -0.2) is 9.18 Å². The van der Waals surface area contributed by atoms with Crippen molar-refractivity contribution in [1.82, 2.24) is 5.43 Å². The Morgan fingerprint density at radius 1 is 1.09 bits per heavy atom. The van der Waals surface area contributed by atoms with Crippen molar-refractivity contribution in [1.29, 1.82) is 0 Å². The summed E-state index contributed by atoms with van der Waals surface area (Å²) in [5, 5.41) is 4.66. The van der Waals surface area contributed by atoms with Gasteiger partial charge < -0.3 is 0 Å². The number of nitrogens with one attached hydrogen (secondary N) is 3. The average molecular weight is 336 g/mol. The largest absolute Gasteiger partial charge is 0.338 e. The molecular formula is C15H11ClFN3OS. The van der Waals surface area contributed by atoms with Crippen LogP contribution in [0.5, 0.6) is 0 Å². The van der Waals surface area contributed by atoms with Gasteiger partial charge in [0.1, 0.15) is 10.8 Å². The van der Waals surface area contributed by atoms with Gasteiger partial charge in [-0.2, -0.15) is 0 Å². The number of rotatable bonds is 3. The molecule has 112 valence electrons. The minimum Gasteiger partial charge on any atom is -0.297 e. The second kappa shape index (κ2) is 6.21. The number of thiophene rings is 1. The molecule has 2 aromatic carbocycles. The van der Waals surface area contributed by atoms with E-state index in [-0.39, 0.29) is 5.82 Å². The molecule has 3 aromatic rings. The van der Waals surface area contributed by atoms with Gasteiger partial charge in [-0.05, 0) is 30.3 Å². The highest BCUT2D eigenvalue weighted by atomic mass is 35.5. The Kier molecular flexibility index (Phi) is 4.13. The number of carbonyl (C=O) groups excluding carboxylic acids is 1. The van der Waals surface area contributed by atoms with E-state index >= 15 is 0 Å². The van der Waals surface area contributed by atoms with Crippen LogP contribution in [0.3, 0.4) is 0 Å². The van der Waals surface area contributed by atoms with E-state index in [2.05, 4.69) is 16.2 Å². The summed E-state index contributed by atoms with van der Waals surface area (Å²) >= 11 is 7.64. The van der Waals surface area contributed by atoms with Gasteiger partial charge in [0.25, 0.3) is 0 Å². The highest BCUT2D eigenvalue weighted by Gasteiger charge is 2.12. The fourth-order valence-electron chi connectivity index (χ4n) is 1.89. The molecule has 1 heterocycles. The summed E-state index contributed by atoms with van der Waals surface area (Å²) in [6.45, 7) is 0. The van der Waals surface area contributed by atoms with Gasteiger partial charge >= 0.3 is 6.03 Å². The number of amides is 2. The Labute approximate surface area is 134 Å². The number of carbonyl (C=O) groups is 1. The van der Waals surface area contributed by atoms with E-state index in [1.54, 1.807) is 0 Å². The second-order valence-corrected chi connectivity index (χ2v) is 5.88. The van der Waals surface area contributed by atoms with Crippen LogP contribution in [0.25, 0.3) is 10.1 Å². The van der Waals surface area contributed by atoms with Gasteiger partial charge in [0.2, 0.25) is 0 Å². The summed E-state index contributed by atoms with van der Waals surface area (Å²) in [5.41, 5.74) is 5.71. The molecule has 0 saturated carbocycles. The highest BCUT2D eigenvalue weighted by molar-refractivity contribution is 7.23. The van der Waals surface area contributed by atoms with E-state index in [4.69, 9.17) is 11.6 Å². The number of halogens is 2. The molecule has 0 aliphatic rings. The second-order valence-electron chi connectivity index (χ2n) is 4.45. The van der Waals surface area contributed by atoms with Gasteiger partial charge in [0.15, 0.2) is 0 Å². The van der Waals surface area contributed by atoms with Crippen molar-refractivity contribution in [2.75, 3.05) is 10.7 Å². The van der Waals surface area contributed by atoms with Gasteiger partial charge in [-0.3, -0.25) is 16.2 Å². The standard InChI is InChI=1S/C15H11ClFN3OS/c16-13-11-3-1-2-4-12(11)22-14(13)18-15(21)20-19-10-7-5-9(17)6-8-10/h1-8,19H,(H2,18,20,21). The minimum absolute atomic E-state index is 0.341.